The van der Waals surface area contributed by atoms with Gasteiger partial charge in [0.25, 0.3) is 0 Å². The first kappa shape index (κ1) is 11.2. The maximum atomic E-state index is 10.9. The lowest BCUT2D eigenvalue weighted by Crippen LogP contribution is -2.07. The van der Waals surface area contributed by atoms with Crippen molar-refractivity contribution in [2.45, 2.75) is 13.8 Å². The molecule has 0 fully saturated rings. The van der Waals surface area contributed by atoms with Crippen molar-refractivity contribution in [2.24, 2.45) is 0 Å². The number of nitrogens with one attached hydrogen (secondary N) is 1. The first-order valence-corrected chi connectivity index (χ1v) is 4.73. The Kier molecular flexibility index (Phi) is 4.34. The molecule has 1 heterocycles. The van der Waals surface area contributed by atoms with Crippen LogP contribution in [0.4, 0.5) is 5.69 Å². The Morgan fingerprint density at radius 3 is 3.13 bits per heavy atom. The first-order valence-electron chi connectivity index (χ1n) is 4.73. The minimum absolute atomic E-state index is 0.104. The summed E-state index contributed by atoms with van der Waals surface area (Å²) in [6.07, 6.45) is 6.65. The van der Waals surface area contributed by atoms with Crippen LogP contribution in [0, 0.1) is 0 Å². The van der Waals surface area contributed by atoms with Crippen LogP contribution in [0.15, 0.2) is 24.7 Å². The zero-order chi connectivity index (χ0) is 11.1. The summed E-state index contributed by atoms with van der Waals surface area (Å²) in [5.74, 6) is -0.104. The molecule has 1 rings (SSSR count). The van der Waals surface area contributed by atoms with E-state index in [0.29, 0.717) is 6.61 Å². The van der Waals surface area contributed by atoms with Crippen molar-refractivity contribution in [3.05, 3.63) is 30.3 Å². The highest BCUT2D eigenvalue weighted by Crippen LogP contribution is 2.14. The van der Waals surface area contributed by atoms with E-state index in [-0.39, 0.29) is 5.91 Å². The fourth-order valence-electron chi connectivity index (χ4n) is 1.06. The molecule has 0 atom stereocenters. The van der Waals surface area contributed by atoms with Crippen LogP contribution in [0.5, 0.6) is 0 Å². The second-order valence-electron chi connectivity index (χ2n) is 2.90. The van der Waals surface area contributed by atoms with E-state index in [9.17, 15) is 4.79 Å². The quantitative estimate of drug-likeness (QED) is 0.767. The minimum atomic E-state index is -0.104. The van der Waals surface area contributed by atoms with Crippen LogP contribution in [0.1, 0.15) is 19.4 Å². The van der Waals surface area contributed by atoms with E-state index in [4.69, 9.17) is 4.74 Å². The number of pyridine rings is 1. The monoisotopic (exact) mass is 206 g/mol. The fourth-order valence-corrected chi connectivity index (χ4v) is 1.06. The van der Waals surface area contributed by atoms with E-state index in [1.54, 1.807) is 30.8 Å². The highest BCUT2D eigenvalue weighted by atomic mass is 16.5. The second-order valence-corrected chi connectivity index (χ2v) is 2.90. The molecule has 0 saturated carbocycles. The molecule has 0 spiro atoms. The van der Waals surface area contributed by atoms with Gasteiger partial charge in [0.15, 0.2) is 0 Å². The van der Waals surface area contributed by atoms with E-state index >= 15 is 0 Å². The van der Waals surface area contributed by atoms with Gasteiger partial charge < -0.3 is 10.1 Å². The molecule has 1 aromatic rings. The predicted octanol–water partition coefficient (Wildman–Crippen LogP) is 2.05. The van der Waals surface area contributed by atoms with Crippen molar-refractivity contribution >= 4 is 17.7 Å². The molecule has 0 unspecified atom stereocenters. The molecule has 1 amide bonds. The fraction of sp³-hybridized carbons (Fsp3) is 0.273. The highest BCUT2D eigenvalue weighted by molar-refractivity contribution is 5.90. The molecule has 0 aliphatic rings. The maximum Gasteiger partial charge on any atom is 0.221 e. The average Bonchev–Trinajstić information content (AvgIpc) is 2.20. The van der Waals surface area contributed by atoms with Crippen molar-refractivity contribution in [2.75, 3.05) is 11.9 Å². The molecule has 0 bridgehead atoms. The summed E-state index contributed by atoms with van der Waals surface area (Å²) in [6.45, 7) is 3.99. The van der Waals surface area contributed by atoms with Gasteiger partial charge >= 0.3 is 0 Å². The van der Waals surface area contributed by atoms with Gasteiger partial charge in [-0.05, 0) is 19.1 Å². The summed E-state index contributed by atoms with van der Waals surface area (Å²) in [5.41, 5.74) is 1.55. The number of rotatable bonds is 4. The van der Waals surface area contributed by atoms with Crippen LogP contribution in [-0.2, 0) is 9.53 Å². The molecule has 1 aromatic heterocycles. The van der Waals surface area contributed by atoms with Gasteiger partial charge in [-0.3, -0.25) is 9.78 Å². The van der Waals surface area contributed by atoms with Gasteiger partial charge in [-0.2, -0.15) is 0 Å². The van der Waals surface area contributed by atoms with Crippen molar-refractivity contribution in [3.63, 3.8) is 0 Å². The molecular formula is C11H14N2O2. The lowest BCUT2D eigenvalue weighted by molar-refractivity contribution is -0.114. The van der Waals surface area contributed by atoms with E-state index in [0.717, 1.165) is 11.3 Å². The van der Waals surface area contributed by atoms with Gasteiger partial charge in [-0.15, -0.1) is 0 Å². The van der Waals surface area contributed by atoms with E-state index in [2.05, 4.69) is 10.3 Å². The Bertz CT molecular complexity index is 361. The van der Waals surface area contributed by atoms with E-state index in [1.165, 1.54) is 6.92 Å². The number of amides is 1. The van der Waals surface area contributed by atoms with E-state index < -0.39 is 0 Å². The maximum absolute atomic E-state index is 10.9. The van der Waals surface area contributed by atoms with Gasteiger partial charge in [0.2, 0.25) is 5.91 Å². The Morgan fingerprint density at radius 1 is 1.67 bits per heavy atom. The SMILES string of the molecule is CCOC=Cc1cnccc1NC(C)=O. The van der Waals surface area contributed by atoms with Gasteiger partial charge in [0.05, 0.1) is 18.6 Å². The smallest absolute Gasteiger partial charge is 0.221 e. The van der Waals surface area contributed by atoms with Crippen LogP contribution >= 0.6 is 0 Å². The largest absolute Gasteiger partial charge is 0.501 e. The third-order valence-electron chi connectivity index (χ3n) is 1.67. The summed E-state index contributed by atoms with van der Waals surface area (Å²) in [6, 6.07) is 1.74. The Balaban J connectivity index is 2.81. The number of anilines is 1. The zero-order valence-electron chi connectivity index (χ0n) is 8.86. The highest BCUT2D eigenvalue weighted by Gasteiger charge is 2.00. The number of aromatic nitrogens is 1. The summed E-state index contributed by atoms with van der Waals surface area (Å²) < 4.78 is 5.08. The lowest BCUT2D eigenvalue weighted by atomic mass is 10.2. The second kappa shape index (κ2) is 5.80. The van der Waals surface area contributed by atoms with Gasteiger partial charge in [0.1, 0.15) is 0 Å². The minimum Gasteiger partial charge on any atom is -0.501 e. The molecule has 80 valence electrons. The summed E-state index contributed by atoms with van der Waals surface area (Å²) in [7, 11) is 0. The van der Waals surface area contributed by atoms with Crippen molar-refractivity contribution < 1.29 is 9.53 Å². The third-order valence-corrected chi connectivity index (χ3v) is 1.67. The standard InChI is InChI=1S/C11H14N2O2/c1-3-15-7-5-10-8-12-6-4-11(10)13-9(2)14/h4-8H,3H2,1-2H3,(H,12,13,14). The van der Waals surface area contributed by atoms with E-state index in [1.807, 2.05) is 6.92 Å². The third kappa shape index (κ3) is 3.81. The van der Waals surface area contributed by atoms with Crippen LogP contribution < -0.4 is 5.32 Å². The molecule has 0 aliphatic carbocycles. The average molecular weight is 206 g/mol. The molecule has 0 aliphatic heterocycles. The number of nitrogens with zero attached hydrogens (tertiary/aromatic N) is 1. The van der Waals surface area contributed by atoms with Gasteiger partial charge in [-0.25, -0.2) is 0 Å². The Labute approximate surface area is 89.0 Å². The molecule has 0 saturated heterocycles. The number of hydrogen-bond acceptors (Lipinski definition) is 3. The molecular weight excluding hydrogens is 192 g/mol. The van der Waals surface area contributed by atoms with Crippen molar-refractivity contribution in [1.29, 1.82) is 0 Å². The summed E-state index contributed by atoms with van der Waals surface area (Å²) >= 11 is 0. The predicted molar refractivity (Wildman–Crippen MR) is 59.2 cm³/mol. The molecule has 4 heteroatoms. The topological polar surface area (TPSA) is 51.2 Å². The van der Waals surface area contributed by atoms with Crippen LogP contribution in [0.2, 0.25) is 0 Å². The zero-order valence-corrected chi connectivity index (χ0v) is 8.86. The Hall–Kier alpha value is -1.84. The van der Waals surface area contributed by atoms with Gasteiger partial charge in [0, 0.05) is 24.9 Å². The molecule has 15 heavy (non-hydrogen) atoms. The van der Waals surface area contributed by atoms with Crippen LogP contribution in [0.25, 0.3) is 6.08 Å². The molecule has 0 aromatic carbocycles. The lowest BCUT2D eigenvalue weighted by Gasteiger charge is -2.05. The van der Waals surface area contributed by atoms with Crippen molar-refractivity contribution in [3.8, 4) is 0 Å². The molecule has 0 radical (unpaired) electrons. The summed E-state index contributed by atoms with van der Waals surface area (Å²) in [5, 5.41) is 2.71. The van der Waals surface area contributed by atoms with Crippen molar-refractivity contribution in [1.82, 2.24) is 4.98 Å². The first-order chi connectivity index (χ1) is 7.24. The number of carbonyl (C=O) groups is 1. The summed E-state index contributed by atoms with van der Waals surface area (Å²) in [4.78, 5) is 14.9. The number of carbonyl (C=O) groups excluding carboxylic acids is 1. The van der Waals surface area contributed by atoms with Crippen LogP contribution in [0.3, 0.4) is 0 Å². The Morgan fingerprint density at radius 2 is 2.47 bits per heavy atom. The normalized spacial score (nSPS) is 10.3. The van der Waals surface area contributed by atoms with Gasteiger partial charge in [-0.1, -0.05) is 0 Å². The van der Waals surface area contributed by atoms with Crippen LogP contribution in [-0.4, -0.2) is 17.5 Å². The number of ether oxygens (including phenoxy) is 1. The molecule has 1 N–H and O–H groups in total. The number of hydrogen-bond donors (Lipinski definition) is 1. The molecule has 4 nitrogen and oxygen atoms in total.